The Bertz CT molecular complexity index is 914. The molecule has 0 bridgehead atoms. The van der Waals surface area contributed by atoms with Crippen LogP contribution >= 0.6 is 0 Å². The van der Waals surface area contributed by atoms with Gasteiger partial charge in [-0.2, -0.15) is 0 Å². The first-order chi connectivity index (χ1) is 12.0. The van der Waals surface area contributed by atoms with E-state index < -0.39 is 23.4 Å². The van der Waals surface area contributed by atoms with E-state index in [0.29, 0.717) is 11.5 Å². The molecule has 1 heterocycles. The third kappa shape index (κ3) is 3.95. The molecule has 0 unspecified atom stereocenters. The minimum atomic E-state index is -0.751. The lowest BCUT2D eigenvalue weighted by Crippen LogP contribution is -2.13. The van der Waals surface area contributed by atoms with Gasteiger partial charge in [-0.25, -0.2) is 18.2 Å². The first-order valence-corrected chi connectivity index (χ1v) is 7.27. The maximum Gasteiger partial charge on any atom is 0.258 e. The number of amides is 1. The van der Waals surface area contributed by atoms with Crippen molar-refractivity contribution in [1.82, 2.24) is 4.98 Å². The van der Waals surface area contributed by atoms with Crippen LogP contribution in [0.15, 0.2) is 60.8 Å². The highest BCUT2D eigenvalue weighted by molar-refractivity contribution is 6.04. The lowest BCUT2D eigenvalue weighted by Gasteiger charge is -2.09. The second kappa shape index (κ2) is 7.04. The van der Waals surface area contributed by atoms with Gasteiger partial charge in [0.25, 0.3) is 5.91 Å². The van der Waals surface area contributed by atoms with Crippen LogP contribution in [0.3, 0.4) is 0 Å². The minimum absolute atomic E-state index is 0.0667. The number of hydrogen-bond donors (Lipinski definition) is 2. The number of pyridine rings is 1. The van der Waals surface area contributed by atoms with E-state index >= 15 is 0 Å². The molecule has 0 aliphatic carbocycles. The average Bonchev–Trinajstić information content (AvgIpc) is 2.59. The van der Waals surface area contributed by atoms with E-state index in [1.807, 2.05) is 0 Å². The van der Waals surface area contributed by atoms with Gasteiger partial charge < -0.3 is 10.6 Å². The Morgan fingerprint density at radius 1 is 0.920 bits per heavy atom. The summed E-state index contributed by atoms with van der Waals surface area (Å²) in [6.07, 6.45) is 1.34. The molecular weight excluding hydrogens is 331 g/mol. The Balaban J connectivity index is 1.70. The predicted molar refractivity (Wildman–Crippen MR) is 88.2 cm³/mol. The molecule has 2 N–H and O–H groups in total. The van der Waals surface area contributed by atoms with Crippen LogP contribution in [-0.4, -0.2) is 10.9 Å². The number of benzene rings is 2. The SMILES string of the molecule is O=C(Nc1ccc(Nc2ccc(F)cc2F)nc1)c1ccccc1F. The number of rotatable bonds is 4. The van der Waals surface area contributed by atoms with Crippen molar-refractivity contribution in [1.29, 1.82) is 0 Å². The van der Waals surface area contributed by atoms with Gasteiger partial charge in [0, 0.05) is 6.07 Å². The van der Waals surface area contributed by atoms with Crippen molar-refractivity contribution in [3.05, 3.63) is 83.8 Å². The van der Waals surface area contributed by atoms with E-state index in [-0.39, 0.29) is 11.3 Å². The second-order valence-electron chi connectivity index (χ2n) is 5.12. The summed E-state index contributed by atoms with van der Waals surface area (Å²) >= 11 is 0. The molecular formula is C18H12F3N3O. The van der Waals surface area contributed by atoms with Gasteiger partial charge in [0.05, 0.1) is 23.1 Å². The summed E-state index contributed by atoms with van der Waals surface area (Å²) in [5.74, 6) is -2.36. The van der Waals surface area contributed by atoms with Crippen LogP contribution in [-0.2, 0) is 0 Å². The molecule has 3 rings (SSSR count). The molecule has 0 fully saturated rings. The maximum atomic E-state index is 13.6. The quantitative estimate of drug-likeness (QED) is 0.734. The Kier molecular flexibility index (Phi) is 4.65. The zero-order valence-electron chi connectivity index (χ0n) is 12.8. The maximum absolute atomic E-state index is 13.6. The molecule has 1 amide bonds. The van der Waals surface area contributed by atoms with E-state index in [0.717, 1.165) is 12.1 Å². The number of aromatic nitrogens is 1. The highest BCUT2D eigenvalue weighted by atomic mass is 19.1. The van der Waals surface area contributed by atoms with Crippen LogP contribution in [0.25, 0.3) is 0 Å². The summed E-state index contributed by atoms with van der Waals surface area (Å²) in [6, 6.07) is 11.8. The van der Waals surface area contributed by atoms with Crippen LogP contribution in [0.2, 0.25) is 0 Å². The zero-order chi connectivity index (χ0) is 17.8. The van der Waals surface area contributed by atoms with Gasteiger partial charge in [-0.05, 0) is 36.4 Å². The summed E-state index contributed by atoms with van der Waals surface area (Å²) in [4.78, 5) is 16.0. The van der Waals surface area contributed by atoms with E-state index in [4.69, 9.17) is 0 Å². The summed E-state index contributed by atoms with van der Waals surface area (Å²) in [5.41, 5.74) is 0.327. The van der Waals surface area contributed by atoms with Crippen LogP contribution in [0.1, 0.15) is 10.4 Å². The van der Waals surface area contributed by atoms with Crippen LogP contribution in [0.4, 0.5) is 30.4 Å². The zero-order valence-corrected chi connectivity index (χ0v) is 12.8. The molecule has 0 aliphatic heterocycles. The third-order valence-electron chi connectivity index (χ3n) is 3.33. The third-order valence-corrected chi connectivity index (χ3v) is 3.33. The van der Waals surface area contributed by atoms with Gasteiger partial charge in [0.2, 0.25) is 0 Å². The topological polar surface area (TPSA) is 54.0 Å². The van der Waals surface area contributed by atoms with Crippen molar-refractivity contribution in [3.8, 4) is 0 Å². The minimum Gasteiger partial charge on any atom is -0.338 e. The van der Waals surface area contributed by atoms with Crippen LogP contribution < -0.4 is 10.6 Å². The molecule has 2 aromatic carbocycles. The van der Waals surface area contributed by atoms with Gasteiger partial charge in [-0.1, -0.05) is 12.1 Å². The van der Waals surface area contributed by atoms with Gasteiger partial charge in [-0.3, -0.25) is 4.79 Å². The fourth-order valence-electron chi connectivity index (χ4n) is 2.11. The van der Waals surface area contributed by atoms with E-state index in [2.05, 4.69) is 15.6 Å². The number of anilines is 3. The Morgan fingerprint density at radius 3 is 2.40 bits per heavy atom. The Morgan fingerprint density at radius 2 is 1.72 bits per heavy atom. The van der Waals surface area contributed by atoms with Crippen molar-refractivity contribution in [2.24, 2.45) is 0 Å². The molecule has 0 saturated heterocycles. The van der Waals surface area contributed by atoms with Crippen molar-refractivity contribution in [2.45, 2.75) is 0 Å². The first kappa shape index (κ1) is 16.5. The molecule has 0 radical (unpaired) electrons. The number of nitrogens with zero attached hydrogens (tertiary/aromatic N) is 1. The summed E-state index contributed by atoms with van der Waals surface area (Å²) in [7, 11) is 0. The lowest BCUT2D eigenvalue weighted by atomic mass is 10.2. The molecule has 7 heteroatoms. The van der Waals surface area contributed by atoms with Gasteiger partial charge >= 0.3 is 0 Å². The van der Waals surface area contributed by atoms with Crippen molar-refractivity contribution >= 4 is 23.1 Å². The number of carbonyl (C=O) groups excluding carboxylic acids is 1. The Labute approximate surface area is 141 Å². The number of halogens is 3. The number of hydrogen-bond acceptors (Lipinski definition) is 3. The molecule has 4 nitrogen and oxygen atoms in total. The predicted octanol–water partition coefficient (Wildman–Crippen LogP) is 4.49. The highest BCUT2D eigenvalue weighted by Crippen LogP contribution is 2.20. The molecule has 126 valence electrons. The second-order valence-corrected chi connectivity index (χ2v) is 5.12. The monoisotopic (exact) mass is 343 g/mol. The molecule has 0 aliphatic rings. The number of carbonyl (C=O) groups is 1. The van der Waals surface area contributed by atoms with Crippen molar-refractivity contribution in [2.75, 3.05) is 10.6 Å². The summed E-state index contributed by atoms with van der Waals surface area (Å²) < 4.78 is 40.0. The van der Waals surface area contributed by atoms with Gasteiger partial charge in [0.15, 0.2) is 0 Å². The van der Waals surface area contributed by atoms with E-state index in [1.165, 1.54) is 42.6 Å². The van der Waals surface area contributed by atoms with E-state index in [1.54, 1.807) is 6.07 Å². The fourth-order valence-corrected chi connectivity index (χ4v) is 2.11. The molecule has 25 heavy (non-hydrogen) atoms. The fraction of sp³-hybridized carbons (Fsp3) is 0. The molecule has 0 saturated carbocycles. The lowest BCUT2D eigenvalue weighted by molar-refractivity contribution is 0.102. The van der Waals surface area contributed by atoms with Crippen molar-refractivity contribution in [3.63, 3.8) is 0 Å². The number of nitrogens with one attached hydrogen (secondary N) is 2. The molecule has 3 aromatic rings. The summed E-state index contributed by atoms with van der Waals surface area (Å²) in [5, 5.41) is 5.21. The molecule has 0 spiro atoms. The van der Waals surface area contributed by atoms with Gasteiger partial charge in [-0.15, -0.1) is 0 Å². The van der Waals surface area contributed by atoms with Gasteiger partial charge in [0.1, 0.15) is 23.3 Å². The van der Waals surface area contributed by atoms with Crippen molar-refractivity contribution < 1.29 is 18.0 Å². The standard InChI is InChI=1S/C18H12F3N3O/c19-11-5-7-16(15(21)9-11)24-17-8-6-12(10-22-17)23-18(25)13-3-1-2-4-14(13)20/h1-10H,(H,22,24)(H,23,25). The van der Waals surface area contributed by atoms with E-state index in [9.17, 15) is 18.0 Å². The first-order valence-electron chi connectivity index (χ1n) is 7.27. The Hall–Kier alpha value is -3.35. The highest BCUT2D eigenvalue weighted by Gasteiger charge is 2.11. The smallest absolute Gasteiger partial charge is 0.258 e. The average molecular weight is 343 g/mol. The largest absolute Gasteiger partial charge is 0.338 e. The summed E-state index contributed by atoms with van der Waals surface area (Å²) in [6.45, 7) is 0. The molecule has 1 aromatic heterocycles. The molecule has 0 atom stereocenters. The van der Waals surface area contributed by atoms with Crippen LogP contribution in [0, 0.1) is 17.5 Å². The van der Waals surface area contributed by atoms with Crippen LogP contribution in [0.5, 0.6) is 0 Å². The normalized spacial score (nSPS) is 10.4.